The third-order valence-corrected chi connectivity index (χ3v) is 7.17. The van der Waals surface area contributed by atoms with Crippen molar-refractivity contribution in [3.63, 3.8) is 0 Å². The van der Waals surface area contributed by atoms with E-state index in [4.69, 9.17) is 20.5 Å². The number of nitriles is 1. The summed E-state index contributed by atoms with van der Waals surface area (Å²) in [6, 6.07) is 16.2. The standard InChI is InChI=1S/C26H22BrClN2O5S/c1-4-34-24-13-18(11-19(15-29)26(31)30-20-8-7-17(3)23(28)14-20)12-22(27)25(24)35-36(32,33)21-9-5-16(2)6-10-21/h5-14H,4H2,1-3H3,(H,30,31)/b19-11+. The molecule has 3 rings (SSSR count). The molecule has 0 atom stereocenters. The molecule has 10 heteroatoms. The first-order valence-electron chi connectivity index (χ1n) is 10.7. The molecular formula is C26H22BrClN2O5S. The number of anilines is 1. The van der Waals surface area contributed by atoms with Gasteiger partial charge in [0.05, 0.1) is 11.1 Å². The summed E-state index contributed by atoms with van der Waals surface area (Å²) < 4.78 is 36.9. The quantitative estimate of drug-likeness (QED) is 0.184. The van der Waals surface area contributed by atoms with E-state index in [2.05, 4.69) is 21.2 Å². The highest BCUT2D eigenvalue weighted by molar-refractivity contribution is 9.10. The molecular weight excluding hydrogens is 568 g/mol. The van der Waals surface area contributed by atoms with Gasteiger partial charge >= 0.3 is 10.1 Å². The van der Waals surface area contributed by atoms with E-state index in [0.717, 1.165) is 11.1 Å². The lowest BCUT2D eigenvalue weighted by Crippen LogP contribution is -2.13. The van der Waals surface area contributed by atoms with Crippen LogP contribution in [0.15, 0.2) is 69.5 Å². The SMILES string of the molecule is CCOc1cc(/C=C(\C#N)C(=O)Nc2ccc(C)c(Cl)c2)cc(Br)c1OS(=O)(=O)c1ccc(C)cc1. The van der Waals surface area contributed by atoms with Crippen LogP contribution in [-0.4, -0.2) is 20.9 Å². The maximum Gasteiger partial charge on any atom is 0.339 e. The molecule has 186 valence electrons. The second-order valence-corrected chi connectivity index (χ2v) is 10.5. The number of benzene rings is 3. The number of ether oxygens (including phenoxy) is 1. The van der Waals surface area contributed by atoms with Crippen molar-refractivity contribution in [2.45, 2.75) is 25.7 Å². The van der Waals surface area contributed by atoms with Gasteiger partial charge in [-0.3, -0.25) is 4.79 Å². The molecule has 0 aliphatic rings. The van der Waals surface area contributed by atoms with Crippen molar-refractivity contribution >= 4 is 55.3 Å². The van der Waals surface area contributed by atoms with Crippen molar-refractivity contribution in [1.82, 2.24) is 0 Å². The van der Waals surface area contributed by atoms with E-state index >= 15 is 0 Å². The van der Waals surface area contributed by atoms with Crippen molar-refractivity contribution in [2.24, 2.45) is 0 Å². The van der Waals surface area contributed by atoms with Crippen LogP contribution in [0.4, 0.5) is 5.69 Å². The van der Waals surface area contributed by atoms with Gasteiger partial charge in [0.25, 0.3) is 5.91 Å². The second-order valence-electron chi connectivity index (χ2n) is 7.70. The van der Waals surface area contributed by atoms with E-state index in [1.807, 2.05) is 19.9 Å². The number of amides is 1. The Morgan fingerprint density at radius 3 is 2.44 bits per heavy atom. The molecule has 1 amide bonds. The fourth-order valence-corrected chi connectivity index (χ4v) is 4.85. The van der Waals surface area contributed by atoms with Gasteiger partial charge < -0.3 is 14.2 Å². The molecule has 0 spiro atoms. The second kappa shape index (κ2) is 11.6. The van der Waals surface area contributed by atoms with Gasteiger partial charge in [0.1, 0.15) is 16.5 Å². The minimum absolute atomic E-state index is 0.00827. The van der Waals surface area contributed by atoms with Crippen LogP contribution >= 0.6 is 27.5 Å². The number of hydrogen-bond acceptors (Lipinski definition) is 6. The third-order valence-electron chi connectivity index (χ3n) is 4.94. The average Bonchev–Trinajstić information content (AvgIpc) is 2.82. The summed E-state index contributed by atoms with van der Waals surface area (Å²) in [5.41, 5.74) is 2.44. The Balaban J connectivity index is 1.93. The molecule has 0 aromatic heterocycles. The zero-order chi connectivity index (χ0) is 26.5. The van der Waals surface area contributed by atoms with Crippen molar-refractivity contribution in [3.8, 4) is 17.6 Å². The third kappa shape index (κ3) is 6.66. The summed E-state index contributed by atoms with van der Waals surface area (Å²) in [5.74, 6) is -0.558. The van der Waals surface area contributed by atoms with E-state index in [0.29, 0.717) is 16.3 Å². The molecule has 0 bridgehead atoms. The molecule has 1 N–H and O–H groups in total. The van der Waals surface area contributed by atoms with Gasteiger partial charge in [-0.1, -0.05) is 35.4 Å². The molecule has 0 radical (unpaired) electrons. The number of aryl methyl sites for hydroxylation is 2. The number of halogens is 2. The minimum Gasteiger partial charge on any atom is -0.490 e. The molecule has 3 aromatic carbocycles. The lowest BCUT2D eigenvalue weighted by atomic mass is 10.1. The van der Waals surface area contributed by atoms with Gasteiger partial charge in [0.2, 0.25) is 0 Å². The van der Waals surface area contributed by atoms with Crippen LogP contribution in [0.25, 0.3) is 6.08 Å². The smallest absolute Gasteiger partial charge is 0.339 e. The van der Waals surface area contributed by atoms with Gasteiger partial charge in [-0.15, -0.1) is 0 Å². The van der Waals surface area contributed by atoms with Crippen LogP contribution in [0.2, 0.25) is 5.02 Å². The first-order valence-corrected chi connectivity index (χ1v) is 13.3. The molecule has 0 saturated heterocycles. The largest absolute Gasteiger partial charge is 0.490 e. The fourth-order valence-electron chi connectivity index (χ4n) is 3.06. The number of nitrogens with zero attached hydrogens (tertiary/aromatic N) is 1. The average molecular weight is 590 g/mol. The van der Waals surface area contributed by atoms with Crippen molar-refractivity contribution in [1.29, 1.82) is 5.26 Å². The normalized spacial score (nSPS) is 11.5. The predicted molar refractivity (Wildman–Crippen MR) is 143 cm³/mol. The Morgan fingerprint density at radius 2 is 1.83 bits per heavy atom. The molecule has 0 aliphatic carbocycles. The topological polar surface area (TPSA) is 105 Å². The lowest BCUT2D eigenvalue weighted by Gasteiger charge is -2.15. The van der Waals surface area contributed by atoms with Crippen LogP contribution in [0.3, 0.4) is 0 Å². The Bertz CT molecular complexity index is 1480. The Hall–Kier alpha value is -3.32. The number of carbonyl (C=O) groups excluding carboxylic acids is 1. The van der Waals surface area contributed by atoms with Crippen molar-refractivity contribution in [3.05, 3.63) is 86.4 Å². The van der Waals surface area contributed by atoms with E-state index in [9.17, 15) is 18.5 Å². The van der Waals surface area contributed by atoms with Gasteiger partial charge in [-0.05, 0) is 90.3 Å². The lowest BCUT2D eigenvalue weighted by molar-refractivity contribution is -0.112. The highest BCUT2D eigenvalue weighted by atomic mass is 79.9. The summed E-state index contributed by atoms with van der Waals surface area (Å²) in [5, 5.41) is 12.7. The Kier molecular flexibility index (Phi) is 8.79. The summed E-state index contributed by atoms with van der Waals surface area (Å²) in [6.45, 7) is 5.64. The monoisotopic (exact) mass is 588 g/mol. The minimum atomic E-state index is -4.14. The van der Waals surface area contributed by atoms with Gasteiger partial charge in [-0.2, -0.15) is 13.7 Å². The number of hydrogen-bond donors (Lipinski definition) is 1. The highest BCUT2D eigenvalue weighted by Gasteiger charge is 2.22. The molecule has 0 aliphatic heterocycles. The molecule has 0 saturated carbocycles. The first-order chi connectivity index (χ1) is 17.0. The fraction of sp³-hybridized carbons (Fsp3) is 0.154. The van der Waals surface area contributed by atoms with E-state index in [-0.39, 0.29) is 33.0 Å². The maximum atomic E-state index is 12.8. The highest BCUT2D eigenvalue weighted by Crippen LogP contribution is 2.39. The van der Waals surface area contributed by atoms with Crippen LogP contribution in [-0.2, 0) is 14.9 Å². The van der Waals surface area contributed by atoms with Crippen molar-refractivity contribution in [2.75, 3.05) is 11.9 Å². The van der Waals surface area contributed by atoms with Crippen molar-refractivity contribution < 1.29 is 22.1 Å². The summed E-state index contributed by atoms with van der Waals surface area (Å²) in [4.78, 5) is 12.7. The van der Waals surface area contributed by atoms with Gasteiger partial charge in [0, 0.05) is 10.7 Å². The molecule has 0 unspecified atom stereocenters. The zero-order valence-corrected chi connectivity index (χ0v) is 22.8. The summed E-state index contributed by atoms with van der Waals surface area (Å²) in [7, 11) is -4.14. The molecule has 36 heavy (non-hydrogen) atoms. The van der Waals surface area contributed by atoms with Crippen LogP contribution in [0.5, 0.6) is 11.5 Å². The molecule has 7 nitrogen and oxygen atoms in total. The predicted octanol–water partition coefficient (Wildman–Crippen LogP) is 6.43. The summed E-state index contributed by atoms with van der Waals surface area (Å²) >= 11 is 9.43. The Morgan fingerprint density at radius 1 is 1.14 bits per heavy atom. The molecule has 0 fully saturated rings. The zero-order valence-electron chi connectivity index (χ0n) is 19.6. The van der Waals surface area contributed by atoms with Crippen LogP contribution in [0, 0.1) is 25.2 Å². The number of rotatable bonds is 8. The van der Waals surface area contributed by atoms with Crippen LogP contribution < -0.4 is 14.2 Å². The van der Waals surface area contributed by atoms with Gasteiger partial charge in [0.15, 0.2) is 11.5 Å². The maximum absolute atomic E-state index is 12.8. The number of nitrogens with one attached hydrogen (secondary N) is 1. The molecule has 3 aromatic rings. The Labute approximate surface area is 223 Å². The summed E-state index contributed by atoms with van der Waals surface area (Å²) in [6.07, 6.45) is 1.36. The van der Waals surface area contributed by atoms with E-state index in [1.54, 1.807) is 37.3 Å². The molecule has 0 heterocycles. The number of carbonyl (C=O) groups is 1. The van der Waals surface area contributed by atoms with E-state index < -0.39 is 16.0 Å². The van der Waals surface area contributed by atoms with Crippen LogP contribution in [0.1, 0.15) is 23.6 Å². The van der Waals surface area contributed by atoms with E-state index in [1.165, 1.54) is 30.3 Å². The van der Waals surface area contributed by atoms with Gasteiger partial charge in [-0.25, -0.2) is 0 Å². The first kappa shape index (κ1) is 27.3.